The topological polar surface area (TPSA) is 55.8 Å². The van der Waals surface area contributed by atoms with Crippen molar-refractivity contribution in [1.29, 1.82) is 0 Å². The van der Waals surface area contributed by atoms with Crippen LogP contribution in [0.25, 0.3) is 0 Å². The normalized spacial score (nSPS) is 11.1. The molecule has 0 saturated heterocycles. The smallest absolute Gasteiger partial charge is 0.471 e. The first kappa shape index (κ1) is 24.8. The molecule has 178 valence electrons. The summed E-state index contributed by atoms with van der Waals surface area (Å²) >= 11 is 0. The van der Waals surface area contributed by atoms with E-state index in [1.54, 1.807) is 36.4 Å². The van der Waals surface area contributed by atoms with Crippen LogP contribution in [0.15, 0.2) is 78.9 Å². The molecule has 0 spiro atoms. The van der Waals surface area contributed by atoms with Crippen molar-refractivity contribution in [3.63, 3.8) is 0 Å². The molecule has 0 atom stereocenters. The van der Waals surface area contributed by atoms with E-state index in [1.165, 1.54) is 12.1 Å². The first-order valence-electron chi connectivity index (χ1n) is 10.6. The van der Waals surface area contributed by atoms with E-state index in [1.807, 2.05) is 30.3 Å². The zero-order chi connectivity index (χ0) is 24.6. The number of rotatable bonds is 9. The van der Waals surface area contributed by atoms with Gasteiger partial charge in [-0.1, -0.05) is 48.5 Å². The molecule has 0 aliphatic carbocycles. The van der Waals surface area contributed by atoms with Crippen molar-refractivity contribution >= 4 is 17.6 Å². The molecule has 5 nitrogen and oxygen atoms in total. The molecule has 0 saturated carbocycles. The Balaban J connectivity index is 1.70. The van der Waals surface area contributed by atoms with Crippen molar-refractivity contribution in [2.75, 3.05) is 18.6 Å². The number of hydrogen-bond acceptors (Lipinski definition) is 4. The Bertz CT molecular complexity index is 1100. The summed E-state index contributed by atoms with van der Waals surface area (Å²) in [5.41, 5.74) is 2.05. The van der Waals surface area contributed by atoms with Crippen LogP contribution in [0.5, 0.6) is 5.75 Å². The fraction of sp³-hybridized carbons (Fsp3) is 0.231. The number of benzene rings is 3. The van der Waals surface area contributed by atoms with Crippen LogP contribution < -0.4 is 9.64 Å². The van der Waals surface area contributed by atoms with Gasteiger partial charge in [-0.05, 0) is 54.3 Å². The average Bonchev–Trinajstić information content (AvgIpc) is 2.85. The van der Waals surface area contributed by atoms with E-state index in [2.05, 4.69) is 0 Å². The van der Waals surface area contributed by atoms with Crippen LogP contribution in [0, 0.1) is 0 Å². The van der Waals surface area contributed by atoms with Crippen molar-refractivity contribution in [2.24, 2.45) is 0 Å². The van der Waals surface area contributed by atoms with Gasteiger partial charge in [0.05, 0.1) is 12.2 Å². The van der Waals surface area contributed by atoms with Crippen LogP contribution in [0.3, 0.4) is 0 Å². The van der Waals surface area contributed by atoms with E-state index in [0.29, 0.717) is 34.6 Å². The third kappa shape index (κ3) is 6.84. The highest BCUT2D eigenvalue weighted by Crippen LogP contribution is 2.29. The molecule has 0 radical (unpaired) electrons. The van der Waals surface area contributed by atoms with E-state index >= 15 is 0 Å². The fourth-order valence-electron chi connectivity index (χ4n) is 3.24. The number of carbonyl (C=O) groups is 2. The van der Waals surface area contributed by atoms with E-state index in [0.717, 1.165) is 12.6 Å². The minimum Gasteiger partial charge on any atom is -0.489 e. The zero-order valence-corrected chi connectivity index (χ0v) is 18.5. The second-order valence-electron chi connectivity index (χ2n) is 7.53. The summed E-state index contributed by atoms with van der Waals surface area (Å²) in [5, 5.41) is 0. The van der Waals surface area contributed by atoms with Crippen molar-refractivity contribution < 1.29 is 32.2 Å². The SMILES string of the molecule is CN(C(=O)C(F)(F)F)c1ccc(OCc2ccccc2)c(CCCOC(=O)c2ccccc2)c1. The number of anilines is 1. The Morgan fingerprint density at radius 3 is 2.21 bits per heavy atom. The second-order valence-corrected chi connectivity index (χ2v) is 7.53. The highest BCUT2D eigenvalue weighted by atomic mass is 19.4. The molecule has 0 bridgehead atoms. The summed E-state index contributed by atoms with van der Waals surface area (Å²) in [6, 6.07) is 22.4. The fourth-order valence-corrected chi connectivity index (χ4v) is 3.24. The number of alkyl halides is 3. The molecule has 34 heavy (non-hydrogen) atoms. The van der Waals surface area contributed by atoms with Gasteiger partial charge >= 0.3 is 18.1 Å². The predicted molar refractivity (Wildman–Crippen MR) is 122 cm³/mol. The van der Waals surface area contributed by atoms with E-state index < -0.39 is 18.1 Å². The Morgan fingerprint density at radius 2 is 1.56 bits per heavy atom. The molecule has 1 amide bonds. The summed E-state index contributed by atoms with van der Waals surface area (Å²) in [6.45, 7) is 0.390. The summed E-state index contributed by atoms with van der Waals surface area (Å²) in [6.07, 6.45) is -4.20. The van der Waals surface area contributed by atoms with Gasteiger partial charge in [-0.3, -0.25) is 4.79 Å². The van der Waals surface area contributed by atoms with E-state index in [9.17, 15) is 22.8 Å². The van der Waals surface area contributed by atoms with Gasteiger partial charge in [0.1, 0.15) is 12.4 Å². The van der Waals surface area contributed by atoms with Crippen molar-refractivity contribution in [3.8, 4) is 5.75 Å². The Hall–Kier alpha value is -3.81. The number of esters is 1. The van der Waals surface area contributed by atoms with E-state index in [4.69, 9.17) is 9.47 Å². The van der Waals surface area contributed by atoms with Crippen LogP contribution in [0.2, 0.25) is 0 Å². The van der Waals surface area contributed by atoms with Crippen LogP contribution >= 0.6 is 0 Å². The van der Waals surface area contributed by atoms with Gasteiger partial charge in [-0.25, -0.2) is 4.79 Å². The van der Waals surface area contributed by atoms with Gasteiger partial charge in [0.25, 0.3) is 0 Å². The number of amides is 1. The first-order chi connectivity index (χ1) is 16.3. The molecule has 3 aromatic carbocycles. The molecular formula is C26H24F3NO4. The Labute approximate surface area is 195 Å². The third-order valence-corrected chi connectivity index (χ3v) is 5.05. The van der Waals surface area contributed by atoms with Gasteiger partial charge in [-0.2, -0.15) is 13.2 Å². The van der Waals surface area contributed by atoms with Gasteiger partial charge in [-0.15, -0.1) is 0 Å². The molecule has 0 heterocycles. The maximum atomic E-state index is 12.9. The maximum absolute atomic E-state index is 12.9. The number of ether oxygens (including phenoxy) is 2. The summed E-state index contributed by atoms with van der Waals surface area (Å²) < 4.78 is 49.8. The summed E-state index contributed by atoms with van der Waals surface area (Å²) in [7, 11) is 1.07. The van der Waals surface area contributed by atoms with Crippen molar-refractivity contribution in [3.05, 3.63) is 95.6 Å². The van der Waals surface area contributed by atoms with Crippen molar-refractivity contribution in [1.82, 2.24) is 0 Å². The number of nitrogens with zero attached hydrogens (tertiary/aromatic N) is 1. The number of aryl methyl sites for hydroxylation is 1. The molecular weight excluding hydrogens is 447 g/mol. The number of carbonyl (C=O) groups excluding carboxylic acids is 2. The van der Waals surface area contributed by atoms with Gasteiger partial charge in [0, 0.05) is 12.7 Å². The number of hydrogen-bond donors (Lipinski definition) is 0. The quantitative estimate of drug-likeness (QED) is 0.302. The molecule has 0 aromatic heterocycles. The Kier molecular flexibility index (Phi) is 8.29. The predicted octanol–water partition coefficient (Wildman–Crippen LogP) is 5.58. The largest absolute Gasteiger partial charge is 0.489 e. The van der Waals surface area contributed by atoms with Gasteiger partial charge in [0.2, 0.25) is 0 Å². The summed E-state index contributed by atoms with van der Waals surface area (Å²) in [4.78, 5) is 24.3. The lowest BCUT2D eigenvalue weighted by Gasteiger charge is -2.21. The standard InChI is InChI=1S/C26H24F3NO4/c1-30(25(32)26(27,28)29)22-14-15-23(34-18-19-9-4-2-5-10-19)21(17-22)13-8-16-33-24(31)20-11-6-3-7-12-20/h2-7,9-12,14-15,17H,8,13,16,18H2,1H3. The highest BCUT2D eigenvalue weighted by molar-refractivity contribution is 5.97. The highest BCUT2D eigenvalue weighted by Gasteiger charge is 2.41. The third-order valence-electron chi connectivity index (χ3n) is 5.05. The molecule has 0 N–H and O–H groups in total. The molecule has 0 unspecified atom stereocenters. The lowest BCUT2D eigenvalue weighted by atomic mass is 10.1. The first-order valence-corrected chi connectivity index (χ1v) is 10.6. The molecule has 3 aromatic rings. The van der Waals surface area contributed by atoms with Crippen LogP contribution in [-0.4, -0.2) is 31.7 Å². The van der Waals surface area contributed by atoms with Crippen LogP contribution in [0.4, 0.5) is 18.9 Å². The lowest BCUT2D eigenvalue weighted by Crippen LogP contribution is -2.38. The minimum atomic E-state index is -4.98. The van der Waals surface area contributed by atoms with Crippen LogP contribution in [0.1, 0.15) is 27.9 Å². The molecule has 0 aliphatic rings. The molecule has 0 aliphatic heterocycles. The Morgan fingerprint density at radius 1 is 0.912 bits per heavy atom. The molecule has 3 rings (SSSR count). The minimum absolute atomic E-state index is 0.0886. The van der Waals surface area contributed by atoms with E-state index in [-0.39, 0.29) is 18.9 Å². The average molecular weight is 471 g/mol. The van der Waals surface area contributed by atoms with Crippen molar-refractivity contribution in [2.45, 2.75) is 25.6 Å². The maximum Gasteiger partial charge on any atom is 0.471 e. The zero-order valence-electron chi connectivity index (χ0n) is 18.5. The summed E-state index contributed by atoms with van der Waals surface area (Å²) in [5.74, 6) is -1.94. The second kappa shape index (κ2) is 11.4. The monoisotopic (exact) mass is 471 g/mol. The molecule has 0 fully saturated rings. The lowest BCUT2D eigenvalue weighted by molar-refractivity contribution is -0.170. The van der Waals surface area contributed by atoms with Crippen LogP contribution in [-0.2, 0) is 22.6 Å². The number of halogens is 3. The van der Waals surface area contributed by atoms with Gasteiger partial charge in [0.15, 0.2) is 0 Å². The van der Waals surface area contributed by atoms with Gasteiger partial charge < -0.3 is 14.4 Å². The molecule has 8 heteroatoms.